The van der Waals surface area contributed by atoms with Gasteiger partial charge in [0.2, 0.25) is 0 Å². The SMILES string of the molecule is CCOC(=O)c1c(CN2CCN(Cc3ccccc3)CC2)nc2ccccc2c1C. The molecule has 1 aliphatic heterocycles. The minimum absolute atomic E-state index is 0.272. The van der Waals surface area contributed by atoms with Crippen LogP contribution in [-0.2, 0) is 17.8 Å². The van der Waals surface area contributed by atoms with Gasteiger partial charge in [-0.05, 0) is 31.0 Å². The van der Waals surface area contributed by atoms with Gasteiger partial charge in [0.05, 0.1) is 23.4 Å². The number of aryl methyl sites for hydroxylation is 1. The van der Waals surface area contributed by atoms with Gasteiger partial charge in [-0.1, -0.05) is 48.5 Å². The second-order valence-electron chi connectivity index (χ2n) is 7.83. The Hall–Kier alpha value is -2.76. The van der Waals surface area contributed by atoms with Crippen LogP contribution in [0.2, 0.25) is 0 Å². The van der Waals surface area contributed by atoms with Crippen molar-refractivity contribution >= 4 is 16.9 Å². The van der Waals surface area contributed by atoms with Crippen LogP contribution in [0.15, 0.2) is 54.6 Å². The lowest BCUT2D eigenvalue weighted by molar-refractivity contribution is 0.0521. The lowest BCUT2D eigenvalue weighted by Crippen LogP contribution is -2.45. The van der Waals surface area contributed by atoms with Gasteiger partial charge in [0.25, 0.3) is 0 Å². The summed E-state index contributed by atoms with van der Waals surface area (Å²) in [6.45, 7) is 9.79. The predicted molar refractivity (Wildman–Crippen MR) is 119 cm³/mol. The van der Waals surface area contributed by atoms with E-state index in [-0.39, 0.29) is 5.97 Å². The molecule has 1 saturated heterocycles. The number of esters is 1. The van der Waals surface area contributed by atoms with E-state index in [4.69, 9.17) is 9.72 Å². The molecule has 2 heterocycles. The number of hydrogen-bond acceptors (Lipinski definition) is 5. The molecular formula is C25H29N3O2. The molecule has 0 unspecified atom stereocenters. The maximum absolute atomic E-state index is 12.7. The summed E-state index contributed by atoms with van der Waals surface area (Å²) in [5.74, 6) is -0.272. The van der Waals surface area contributed by atoms with Crippen LogP contribution >= 0.6 is 0 Å². The zero-order chi connectivity index (χ0) is 20.9. The summed E-state index contributed by atoms with van der Waals surface area (Å²) in [4.78, 5) is 22.5. The van der Waals surface area contributed by atoms with E-state index in [0.717, 1.165) is 54.9 Å². The number of para-hydroxylation sites is 1. The molecule has 3 aromatic rings. The van der Waals surface area contributed by atoms with Crippen molar-refractivity contribution in [2.24, 2.45) is 0 Å². The largest absolute Gasteiger partial charge is 0.462 e. The fraction of sp³-hybridized carbons (Fsp3) is 0.360. The van der Waals surface area contributed by atoms with Gasteiger partial charge in [-0.2, -0.15) is 0 Å². The molecule has 0 atom stereocenters. The van der Waals surface area contributed by atoms with Crippen molar-refractivity contribution in [1.82, 2.24) is 14.8 Å². The van der Waals surface area contributed by atoms with Gasteiger partial charge in [0.1, 0.15) is 0 Å². The fourth-order valence-corrected chi connectivity index (χ4v) is 4.19. The first-order valence-corrected chi connectivity index (χ1v) is 10.7. The molecule has 4 rings (SSSR count). The molecule has 5 nitrogen and oxygen atoms in total. The van der Waals surface area contributed by atoms with E-state index >= 15 is 0 Å². The fourth-order valence-electron chi connectivity index (χ4n) is 4.19. The molecule has 5 heteroatoms. The molecule has 0 saturated carbocycles. The number of aromatic nitrogens is 1. The van der Waals surface area contributed by atoms with Gasteiger partial charge >= 0.3 is 5.97 Å². The maximum Gasteiger partial charge on any atom is 0.340 e. The number of carbonyl (C=O) groups excluding carboxylic acids is 1. The maximum atomic E-state index is 12.7. The average molecular weight is 404 g/mol. The van der Waals surface area contributed by atoms with E-state index < -0.39 is 0 Å². The highest BCUT2D eigenvalue weighted by Gasteiger charge is 2.23. The minimum Gasteiger partial charge on any atom is -0.462 e. The number of rotatable bonds is 6. The first-order chi connectivity index (χ1) is 14.7. The van der Waals surface area contributed by atoms with Crippen molar-refractivity contribution in [3.8, 4) is 0 Å². The molecule has 0 amide bonds. The second-order valence-corrected chi connectivity index (χ2v) is 7.83. The Labute approximate surface area is 178 Å². The van der Waals surface area contributed by atoms with Gasteiger partial charge in [0, 0.05) is 44.7 Å². The number of benzene rings is 2. The summed E-state index contributed by atoms with van der Waals surface area (Å²) in [5.41, 5.74) is 4.68. The van der Waals surface area contributed by atoms with Gasteiger partial charge in [0.15, 0.2) is 0 Å². The highest BCUT2D eigenvalue weighted by Crippen LogP contribution is 2.25. The first kappa shape index (κ1) is 20.5. The third-order valence-corrected chi connectivity index (χ3v) is 5.79. The van der Waals surface area contributed by atoms with Gasteiger partial charge in [-0.3, -0.25) is 14.8 Å². The Balaban J connectivity index is 1.51. The molecule has 156 valence electrons. The lowest BCUT2D eigenvalue weighted by atomic mass is 10.0. The summed E-state index contributed by atoms with van der Waals surface area (Å²) in [6, 6.07) is 18.6. The topological polar surface area (TPSA) is 45.7 Å². The Morgan fingerprint density at radius 2 is 1.57 bits per heavy atom. The highest BCUT2D eigenvalue weighted by molar-refractivity contribution is 5.98. The van der Waals surface area contributed by atoms with Crippen LogP contribution in [0.5, 0.6) is 0 Å². The third kappa shape index (κ3) is 4.53. The number of nitrogens with zero attached hydrogens (tertiary/aromatic N) is 3. The summed E-state index contributed by atoms with van der Waals surface area (Å²) >= 11 is 0. The van der Waals surface area contributed by atoms with E-state index in [0.29, 0.717) is 18.7 Å². The summed E-state index contributed by atoms with van der Waals surface area (Å²) < 4.78 is 5.37. The van der Waals surface area contributed by atoms with Crippen LogP contribution in [0, 0.1) is 6.92 Å². The van der Waals surface area contributed by atoms with Gasteiger partial charge < -0.3 is 4.74 Å². The van der Waals surface area contributed by atoms with Crippen molar-refractivity contribution in [2.45, 2.75) is 26.9 Å². The van der Waals surface area contributed by atoms with Crippen molar-refractivity contribution in [1.29, 1.82) is 0 Å². The normalized spacial score (nSPS) is 15.4. The molecule has 30 heavy (non-hydrogen) atoms. The van der Waals surface area contributed by atoms with Crippen LogP contribution in [0.3, 0.4) is 0 Å². The molecular weight excluding hydrogens is 374 g/mol. The number of piperazine rings is 1. The molecule has 0 aliphatic carbocycles. The van der Waals surface area contributed by atoms with Crippen molar-refractivity contribution < 1.29 is 9.53 Å². The van der Waals surface area contributed by atoms with E-state index in [9.17, 15) is 4.79 Å². The third-order valence-electron chi connectivity index (χ3n) is 5.79. The summed E-state index contributed by atoms with van der Waals surface area (Å²) in [6.07, 6.45) is 0. The van der Waals surface area contributed by atoms with E-state index in [1.165, 1.54) is 5.56 Å². The Bertz CT molecular complexity index is 1010. The van der Waals surface area contributed by atoms with E-state index in [1.807, 2.05) is 38.1 Å². The smallest absolute Gasteiger partial charge is 0.340 e. The number of hydrogen-bond donors (Lipinski definition) is 0. The van der Waals surface area contributed by atoms with Crippen LogP contribution < -0.4 is 0 Å². The van der Waals surface area contributed by atoms with Crippen molar-refractivity contribution in [3.05, 3.63) is 77.0 Å². The van der Waals surface area contributed by atoms with Crippen molar-refractivity contribution in [3.63, 3.8) is 0 Å². The molecule has 1 aromatic heterocycles. The Morgan fingerprint density at radius 1 is 0.933 bits per heavy atom. The van der Waals surface area contributed by atoms with Gasteiger partial charge in [-0.15, -0.1) is 0 Å². The van der Waals surface area contributed by atoms with Gasteiger partial charge in [-0.25, -0.2) is 4.79 Å². The molecule has 0 radical (unpaired) electrons. The predicted octanol–water partition coefficient (Wildman–Crippen LogP) is 4.04. The standard InChI is InChI=1S/C25H29N3O2/c1-3-30-25(29)24-19(2)21-11-7-8-12-22(21)26-23(24)18-28-15-13-27(14-16-28)17-20-9-5-4-6-10-20/h4-12H,3,13-18H2,1-2H3. The molecule has 1 fully saturated rings. The quantitative estimate of drug-likeness (QED) is 0.582. The molecule has 1 aliphatic rings. The second kappa shape index (κ2) is 9.37. The van der Waals surface area contributed by atoms with E-state index in [1.54, 1.807) is 0 Å². The Kier molecular flexibility index (Phi) is 6.41. The molecule has 0 spiro atoms. The average Bonchev–Trinajstić information content (AvgIpc) is 2.76. The summed E-state index contributed by atoms with van der Waals surface area (Å²) in [7, 11) is 0. The number of fused-ring (bicyclic) bond motifs is 1. The van der Waals surface area contributed by atoms with Crippen LogP contribution in [-0.4, -0.2) is 53.5 Å². The first-order valence-electron chi connectivity index (χ1n) is 10.7. The molecule has 2 aromatic carbocycles. The number of ether oxygens (including phenoxy) is 1. The van der Waals surface area contributed by atoms with Crippen LogP contribution in [0.4, 0.5) is 0 Å². The minimum atomic E-state index is -0.272. The monoisotopic (exact) mass is 403 g/mol. The number of pyridine rings is 1. The zero-order valence-electron chi connectivity index (χ0n) is 17.8. The van der Waals surface area contributed by atoms with Crippen molar-refractivity contribution in [2.75, 3.05) is 32.8 Å². The molecule has 0 N–H and O–H groups in total. The Morgan fingerprint density at radius 3 is 2.27 bits per heavy atom. The summed E-state index contributed by atoms with van der Waals surface area (Å²) in [5, 5.41) is 1.01. The zero-order valence-corrected chi connectivity index (χ0v) is 17.8. The van der Waals surface area contributed by atoms with Crippen LogP contribution in [0.25, 0.3) is 10.9 Å². The number of carbonyl (C=O) groups is 1. The highest BCUT2D eigenvalue weighted by atomic mass is 16.5. The lowest BCUT2D eigenvalue weighted by Gasteiger charge is -2.34. The molecule has 0 bridgehead atoms. The van der Waals surface area contributed by atoms with E-state index in [2.05, 4.69) is 40.1 Å². The van der Waals surface area contributed by atoms with Crippen LogP contribution in [0.1, 0.15) is 34.1 Å².